The molecule has 3 rings (SSSR count). The van der Waals surface area contributed by atoms with Gasteiger partial charge in [-0.2, -0.15) is 13.2 Å². The zero-order valence-electron chi connectivity index (χ0n) is 14.7. The molecule has 1 aliphatic heterocycles. The van der Waals surface area contributed by atoms with E-state index >= 15 is 0 Å². The number of benzene rings is 1. The van der Waals surface area contributed by atoms with E-state index in [1.165, 1.54) is 24.5 Å². The SMILES string of the molecule is C[C@@]1(CO)Cc2cc(NC(=O)/C(=C/N)c3ncccn3)c(C(F)(F)F)cc2O1. The Bertz CT molecular complexity index is 932. The lowest BCUT2D eigenvalue weighted by Crippen LogP contribution is -2.34. The number of carbonyl (C=O) groups is 1. The number of ether oxygens (including phenoxy) is 1. The van der Waals surface area contributed by atoms with Gasteiger partial charge in [0.25, 0.3) is 5.91 Å². The van der Waals surface area contributed by atoms with Crippen LogP contribution in [0.1, 0.15) is 23.9 Å². The van der Waals surface area contributed by atoms with Crippen LogP contribution in [0.25, 0.3) is 5.57 Å². The summed E-state index contributed by atoms with van der Waals surface area (Å²) in [6.07, 6.45) is -0.862. The summed E-state index contributed by atoms with van der Waals surface area (Å²) in [5.74, 6) is -0.890. The summed E-state index contributed by atoms with van der Waals surface area (Å²) in [5, 5.41) is 11.7. The highest BCUT2D eigenvalue weighted by Crippen LogP contribution is 2.43. The molecule has 0 unspecified atom stereocenters. The first-order valence-corrected chi connectivity index (χ1v) is 8.21. The van der Waals surface area contributed by atoms with E-state index in [4.69, 9.17) is 10.5 Å². The van der Waals surface area contributed by atoms with E-state index in [9.17, 15) is 23.1 Å². The van der Waals surface area contributed by atoms with Crippen molar-refractivity contribution < 1.29 is 27.8 Å². The van der Waals surface area contributed by atoms with Gasteiger partial charge in [0, 0.05) is 30.6 Å². The number of halogens is 3. The Balaban J connectivity index is 1.98. The molecule has 0 saturated heterocycles. The first-order valence-electron chi connectivity index (χ1n) is 8.21. The molecule has 1 atom stereocenters. The van der Waals surface area contributed by atoms with Gasteiger partial charge in [-0.1, -0.05) is 0 Å². The molecule has 2 heterocycles. The fourth-order valence-electron chi connectivity index (χ4n) is 2.87. The summed E-state index contributed by atoms with van der Waals surface area (Å²) in [6.45, 7) is 1.22. The van der Waals surface area contributed by atoms with Crippen molar-refractivity contribution in [2.24, 2.45) is 5.73 Å². The number of nitrogens with two attached hydrogens (primary N) is 1. The first-order chi connectivity index (χ1) is 13.2. The molecule has 28 heavy (non-hydrogen) atoms. The van der Waals surface area contributed by atoms with Crippen LogP contribution in [0.3, 0.4) is 0 Å². The predicted molar refractivity (Wildman–Crippen MR) is 94.1 cm³/mol. The first kappa shape index (κ1) is 19.6. The van der Waals surface area contributed by atoms with Crippen molar-refractivity contribution in [2.75, 3.05) is 11.9 Å². The highest BCUT2D eigenvalue weighted by molar-refractivity contribution is 6.24. The molecule has 0 saturated carbocycles. The summed E-state index contributed by atoms with van der Waals surface area (Å²) in [4.78, 5) is 20.3. The second kappa shape index (κ2) is 7.12. The van der Waals surface area contributed by atoms with Crippen molar-refractivity contribution in [3.05, 3.63) is 53.7 Å². The Labute approximate surface area is 158 Å². The number of aromatic nitrogens is 2. The van der Waals surface area contributed by atoms with Crippen LogP contribution >= 0.6 is 0 Å². The second-order valence-corrected chi connectivity index (χ2v) is 6.50. The number of fused-ring (bicyclic) bond motifs is 1. The molecule has 10 heteroatoms. The molecular weight excluding hydrogens is 377 g/mol. The zero-order valence-corrected chi connectivity index (χ0v) is 14.7. The van der Waals surface area contributed by atoms with Crippen molar-refractivity contribution >= 4 is 17.2 Å². The summed E-state index contributed by atoms with van der Waals surface area (Å²) in [6, 6.07) is 3.53. The number of aliphatic hydroxyl groups excluding tert-OH is 1. The number of hydrogen-bond acceptors (Lipinski definition) is 6. The van der Waals surface area contributed by atoms with Crippen LogP contribution in [0.5, 0.6) is 5.75 Å². The fourth-order valence-corrected chi connectivity index (χ4v) is 2.87. The van der Waals surface area contributed by atoms with Crippen LogP contribution < -0.4 is 15.8 Å². The number of amides is 1. The normalized spacial score (nSPS) is 19.1. The zero-order chi connectivity index (χ0) is 20.5. The van der Waals surface area contributed by atoms with Crippen molar-refractivity contribution in [1.82, 2.24) is 9.97 Å². The van der Waals surface area contributed by atoms with Crippen LogP contribution in [0.4, 0.5) is 18.9 Å². The van der Waals surface area contributed by atoms with E-state index in [1.54, 1.807) is 6.92 Å². The summed E-state index contributed by atoms with van der Waals surface area (Å²) in [5.41, 5.74) is 3.17. The van der Waals surface area contributed by atoms with Crippen LogP contribution in [0, 0.1) is 0 Å². The lowest BCUT2D eigenvalue weighted by atomic mass is 9.98. The van der Waals surface area contributed by atoms with Crippen LogP contribution in [-0.2, 0) is 17.4 Å². The number of anilines is 1. The van der Waals surface area contributed by atoms with Crippen molar-refractivity contribution in [2.45, 2.75) is 25.1 Å². The van der Waals surface area contributed by atoms with Gasteiger partial charge in [-0.3, -0.25) is 4.79 Å². The summed E-state index contributed by atoms with van der Waals surface area (Å²) >= 11 is 0. The van der Waals surface area contributed by atoms with E-state index in [1.807, 2.05) is 0 Å². The molecule has 0 bridgehead atoms. The predicted octanol–water partition coefficient (Wildman–Crippen LogP) is 2.12. The van der Waals surface area contributed by atoms with Gasteiger partial charge in [0.05, 0.1) is 23.4 Å². The molecule has 4 N–H and O–H groups in total. The lowest BCUT2D eigenvalue weighted by molar-refractivity contribution is -0.137. The van der Waals surface area contributed by atoms with Crippen molar-refractivity contribution in [3.8, 4) is 5.75 Å². The molecule has 0 spiro atoms. The number of alkyl halides is 3. The number of aliphatic hydroxyl groups is 1. The van der Waals surface area contributed by atoms with Gasteiger partial charge in [-0.05, 0) is 25.1 Å². The maximum Gasteiger partial charge on any atom is 0.418 e. The largest absolute Gasteiger partial charge is 0.485 e. The highest BCUT2D eigenvalue weighted by atomic mass is 19.4. The third-order valence-corrected chi connectivity index (χ3v) is 4.23. The Morgan fingerprint density at radius 2 is 2.07 bits per heavy atom. The van der Waals surface area contributed by atoms with Gasteiger partial charge in [-0.15, -0.1) is 0 Å². The van der Waals surface area contributed by atoms with Gasteiger partial charge in [0.1, 0.15) is 11.4 Å². The second-order valence-electron chi connectivity index (χ2n) is 6.50. The Morgan fingerprint density at radius 3 is 2.64 bits per heavy atom. The molecule has 1 aromatic carbocycles. The quantitative estimate of drug-likeness (QED) is 0.685. The third-order valence-electron chi connectivity index (χ3n) is 4.23. The molecule has 0 fully saturated rings. The summed E-state index contributed by atoms with van der Waals surface area (Å²) in [7, 11) is 0. The van der Waals surface area contributed by atoms with Crippen molar-refractivity contribution in [1.29, 1.82) is 0 Å². The minimum absolute atomic E-state index is 0.0165. The number of rotatable bonds is 4. The molecule has 1 amide bonds. The molecule has 2 aromatic rings. The molecule has 1 aromatic heterocycles. The summed E-state index contributed by atoms with van der Waals surface area (Å²) < 4.78 is 46.0. The molecular formula is C18H17F3N4O3. The Hall–Kier alpha value is -3.14. The van der Waals surface area contributed by atoms with Crippen LogP contribution in [0.15, 0.2) is 36.8 Å². The smallest absolute Gasteiger partial charge is 0.418 e. The average molecular weight is 394 g/mol. The fraction of sp³-hybridized carbons (Fsp3) is 0.278. The molecule has 7 nitrogen and oxygen atoms in total. The average Bonchev–Trinajstić information content (AvgIpc) is 2.98. The minimum atomic E-state index is -4.74. The molecule has 0 aliphatic carbocycles. The minimum Gasteiger partial charge on any atom is -0.485 e. The monoisotopic (exact) mass is 394 g/mol. The lowest BCUT2D eigenvalue weighted by Gasteiger charge is -2.20. The maximum atomic E-state index is 13.5. The highest BCUT2D eigenvalue weighted by Gasteiger charge is 2.40. The maximum absolute atomic E-state index is 13.5. The Kier molecular flexibility index (Phi) is 4.99. The molecule has 148 valence electrons. The van der Waals surface area contributed by atoms with Gasteiger partial charge in [-0.25, -0.2) is 9.97 Å². The van der Waals surface area contributed by atoms with Crippen LogP contribution in [-0.4, -0.2) is 33.2 Å². The number of hydrogen-bond donors (Lipinski definition) is 3. The van der Waals surface area contributed by atoms with Gasteiger partial charge < -0.3 is 20.9 Å². The number of carbonyl (C=O) groups excluding carboxylic acids is 1. The van der Waals surface area contributed by atoms with E-state index in [-0.39, 0.29) is 30.2 Å². The van der Waals surface area contributed by atoms with E-state index < -0.39 is 28.9 Å². The van der Waals surface area contributed by atoms with Gasteiger partial charge >= 0.3 is 6.18 Å². The molecule has 1 aliphatic rings. The van der Waals surface area contributed by atoms with E-state index in [0.717, 1.165) is 12.3 Å². The Morgan fingerprint density at radius 1 is 1.39 bits per heavy atom. The number of nitrogens with one attached hydrogen (secondary N) is 1. The van der Waals surface area contributed by atoms with E-state index in [0.29, 0.717) is 5.56 Å². The van der Waals surface area contributed by atoms with Crippen LogP contribution in [0.2, 0.25) is 0 Å². The topological polar surface area (TPSA) is 110 Å². The van der Waals surface area contributed by atoms with Gasteiger partial charge in [0.2, 0.25) is 0 Å². The third kappa shape index (κ3) is 3.77. The number of nitrogens with zero attached hydrogens (tertiary/aromatic N) is 2. The van der Waals surface area contributed by atoms with Gasteiger partial charge in [0.15, 0.2) is 5.82 Å². The van der Waals surface area contributed by atoms with E-state index in [2.05, 4.69) is 15.3 Å². The molecule has 0 radical (unpaired) electrons. The van der Waals surface area contributed by atoms with Crippen molar-refractivity contribution in [3.63, 3.8) is 0 Å². The standard InChI is InChI=1S/C18H17F3N4O3/c1-17(9-26)7-10-5-13(12(18(19,20)21)6-14(10)28-17)25-16(27)11(8-22)15-23-3-2-4-24-15/h2-6,8,26H,7,9,22H2,1H3,(H,25,27)/b11-8+/t17-/m0/s1.